The first-order valence-electron chi connectivity index (χ1n) is 18.7. The van der Waals surface area contributed by atoms with Gasteiger partial charge in [0, 0.05) is 31.0 Å². The van der Waals surface area contributed by atoms with Crippen molar-refractivity contribution < 1.29 is 14.3 Å². The van der Waals surface area contributed by atoms with Gasteiger partial charge in [0.2, 0.25) is 5.91 Å². The molecule has 4 aliphatic carbocycles. The van der Waals surface area contributed by atoms with E-state index < -0.39 is 12.1 Å². The van der Waals surface area contributed by atoms with E-state index in [4.69, 9.17) is 33.4 Å². The van der Waals surface area contributed by atoms with Gasteiger partial charge in [-0.15, -0.1) is 0 Å². The molecule has 0 radical (unpaired) electrons. The molecular weight excluding hydrogens is 657 g/mol. The van der Waals surface area contributed by atoms with Crippen molar-refractivity contribution in [2.45, 2.75) is 129 Å². The Morgan fingerprint density at radius 1 is 1.02 bits per heavy atom. The molecule has 9 unspecified atom stereocenters. The summed E-state index contributed by atoms with van der Waals surface area (Å²) in [7, 11) is 3.07. The molecule has 0 spiro atoms. The number of fused-ring (bicyclic) bond motifs is 5. The van der Waals surface area contributed by atoms with E-state index in [1.807, 2.05) is 0 Å². The smallest absolute Gasteiger partial charge is 0.324 e. The van der Waals surface area contributed by atoms with E-state index in [1.54, 1.807) is 10.8 Å². The Balaban J connectivity index is 1.15. The minimum atomic E-state index is -0.686. The van der Waals surface area contributed by atoms with Crippen molar-refractivity contribution in [3.63, 3.8) is 0 Å². The summed E-state index contributed by atoms with van der Waals surface area (Å²) in [5, 5.41) is 2.89. The van der Waals surface area contributed by atoms with Crippen molar-refractivity contribution in [3.8, 4) is 0 Å². The third kappa shape index (κ3) is 10.2. The number of carbonyl (C=O) groups is 2. The molecule has 4 rings (SSSR count). The molecule has 11 nitrogen and oxygen atoms in total. The Hall–Kier alpha value is -2.12. The molecular formula is C36H64N8O3S2. The number of aliphatic imine (C=N–C) groups is 2. The van der Waals surface area contributed by atoms with Gasteiger partial charge >= 0.3 is 5.97 Å². The van der Waals surface area contributed by atoms with E-state index in [0.717, 1.165) is 49.4 Å². The summed E-state index contributed by atoms with van der Waals surface area (Å²) in [5.74, 6) is 3.80. The van der Waals surface area contributed by atoms with Crippen LogP contribution in [-0.2, 0) is 14.3 Å². The van der Waals surface area contributed by atoms with Crippen LogP contribution >= 0.6 is 21.6 Å². The maximum absolute atomic E-state index is 13.0. The fraction of sp³-hybridized carbons (Fsp3) is 0.833. The molecule has 0 saturated heterocycles. The highest BCUT2D eigenvalue weighted by Crippen LogP contribution is 2.66. The number of nitrogens with one attached hydrogen (secondary N) is 1. The lowest BCUT2D eigenvalue weighted by Crippen LogP contribution is -2.50. The molecule has 11 N–H and O–H groups in total. The lowest BCUT2D eigenvalue weighted by Gasteiger charge is -2.58. The first-order valence-corrected chi connectivity index (χ1v) is 21.2. The summed E-state index contributed by atoms with van der Waals surface area (Å²) >= 11 is 0. The van der Waals surface area contributed by atoms with Gasteiger partial charge in [-0.05, 0) is 105 Å². The highest BCUT2D eigenvalue weighted by Gasteiger charge is 2.58. The normalized spacial score (nSPS) is 31.6. The lowest BCUT2D eigenvalue weighted by molar-refractivity contribution is -0.152. The van der Waals surface area contributed by atoms with E-state index in [1.165, 1.54) is 67.7 Å². The Morgan fingerprint density at radius 3 is 2.55 bits per heavy atom. The largest absolute Gasteiger partial charge is 0.461 e. The highest BCUT2D eigenvalue weighted by molar-refractivity contribution is 8.76. The monoisotopic (exact) mass is 720 g/mol. The number of amides is 1. The van der Waals surface area contributed by atoms with E-state index in [0.29, 0.717) is 42.9 Å². The highest BCUT2D eigenvalue weighted by atomic mass is 33.1. The van der Waals surface area contributed by atoms with Gasteiger partial charge in [-0.1, -0.05) is 66.8 Å². The molecule has 0 heterocycles. The van der Waals surface area contributed by atoms with Crippen LogP contribution < -0.4 is 34.0 Å². The van der Waals surface area contributed by atoms with Crippen LogP contribution in [0.3, 0.4) is 0 Å². The van der Waals surface area contributed by atoms with Gasteiger partial charge in [-0.3, -0.25) is 14.6 Å². The number of allylic oxidation sites excluding steroid dienone is 1. The molecule has 49 heavy (non-hydrogen) atoms. The number of rotatable bonds is 18. The SMILES string of the molecule is CCCCC1CCC2C3CC=C4CC(OC(=O)C(N)CSSCCNC(=O)C(CCCCN=C(N)N)N=C(N)N)CCC4(C)C3CCC12C. The maximum atomic E-state index is 13.0. The Morgan fingerprint density at radius 2 is 1.82 bits per heavy atom. The van der Waals surface area contributed by atoms with Crippen LogP contribution in [0, 0.1) is 34.5 Å². The zero-order valence-electron chi connectivity index (χ0n) is 30.2. The number of esters is 1. The number of carbonyl (C=O) groups excluding carboxylic acids is 2. The van der Waals surface area contributed by atoms with Crippen LogP contribution in [-0.4, -0.2) is 66.6 Å². The first-order chi connectivity index (χ1) is 23.4. The summed E-state index contributed by atoms with van der Waals surface area (Å²) in [6, 6.07) is -1.35. The Labute approximate surface area is 302 Å². The maximum Gasteiger partial charge on any atom is 0.324 e. The minimum Gasteiger partial charge on any atom is -0.461 e. The summed E-state index contributed by atoms with van der Waals surface area (Å²) in [5.41, 5.74) is 30.3. The van der Waals surface area contributed by atoms with Crippen LogP contribution in [0.15, 0.2) is 21.6 Å². The van der Waals surface area contributed by atoms with Gasteiger partial charge in [-0.2, -0.15) is 0 Å². The van der Waals surface area contributed by atoms with Crippen LogP contribution in [0.25, 0.3) is 0 Å². The van der Waals surface area contributed by atoms with Crippen molar-refractivity contribution in [1.29, 1.82) is 0 Å². The Bertz CT molecular complexity index is 1210. The molecule has 4 aliphatic rings. The van der Waals surface area contributed by atoms with Crippen molar-refractivity contribution in [1.82, 2.24) is 5.32 Å². The third-order valence-corrected chi connectivity index (χ3v) is 14.8. The average Bonchev–Trinajstić information content (AvgIpc) is 3.40. The number of hydrogen-bond donors (Lipinski definition) is 6. The Kier molecular flexibility index (Phi) is 14.9. The molecule has 3 saturated carbocycles. The fourth-order valence-corrected chi connectivity index (χ4v) is 11.7. The third-order valence-electron chi connectivity index (χ3n) is 12.3. The average molecular weight is 721 g/mol. The van der Waals surface area contributed by atoms with E-state index >= 15 is 0 Å². The van der Waals surface area contributed by atoms with Crippen molar-refractivity contribution >= 4 is 45.4 Å². The second-order valence-corrected chi connectivity index (χ2v) is 18.0. The first kappa shape index (κ1) is 39.7. The minimum absolute atomic E-state index is 0.0456. The number of nitrogens with two attached hydrogens (primary N) is 5. The van der Waals surface area contributed by atoms with Crippen LogP contribution in [0.4, 0.5) is 0 Å². The van der Waals surface area contributed by atoms with E-state index in [9.17, 15) is 9.59 Å². The molecule has 278 valence electrons. The molecule has 0 aromatic heterocycles. The number of unbranched alkanes of at least 4 members (excludes halogenated alkanes) is 2. The van der Waals surface area contributed by atoms with Crippen LogP contribution in [0.5, 0.6) is 0 Å². The topological polar surface area (TPSA) is 210 Å². The lowest BCUT2D eigenvalue weighted by atomic mass is 9.47. The predicted octanol–water partition coefficient (Wildman–Crippen LogP) is 4.58. The van der Waals surface area contributed by atoms with Crippen molar-refractivity contribution in [3.05, 3.63) is 11.6 Å². The molecule has 9 atom stereocenters. The quantitative estimate of drug-likeness (QED) is 0.0290. The van der Waals surface area contributed by atoms with Gasteiger partial charge in [-0.25, -0.2) is 4.99 Å². The van der Waals surface area contributed by atoms with Gasteiger partial charge in [0.25, 0.3) is 0 Å². The number of guanidine groups is 2. The van der Waals surface area contributed by atoms with Crippen molar-refractivity contribution in [2.24, 2.45) is 73.2 Å². The van der Waals surface area contributed by atoms with Crippen LogP contribution in [0.1, 0.15) is 111 Å². The fourth-order valence-electron chi connectivity index (χ4n) is 9.69. The molecule has 13 heteroatoms. The van der Waals surface area contributed by atoms with Gasteiger partial charge in [0.15, 0.2) is 11.9 Å². The second kappa shape index (κ2) is 18.4. The number of hydrogen-bond acceptors (Lipinski definition) is 8. The number of nitrogens with zero attached hydrogens (tertiary/aromatic N) is 2. The van der Waals surface area contributed by atoms with Gasteiger partial charge in [0.1, 0.15) is 18.2 Å². The molecule has 0 bridgehead atoms. The van der Waals surface area contributed by atoms with Gasteiger partial charge in [0.05, 0.1) is 0 Å². The number of ether oxygens (including phenoxy) is 1. The molecule has 3 fully saturated rings. The molecule has 0 aromatic carbocycles. The van der Waals surface area contributed by atoms with Gasteiger partial charge < -0.3 is 38.7 Å². The predicted molar refractivity (Wildman–Crippen MR) is 205 cm³/mol. The summed E-state index contributed by atoms with van der Waals surface area (Å²) in [6.45, 7) is 8.40. The van der Waals surface area contributed by atoms with Crippen molar-refractivity contribution in [2.75, 3.05) is 24.6 Å². The summed E-state index contributed by atoms with van der Waals surface area (Å²) in [4.78, 5) is 33.6. The zero-order valence-corrected chi connectivity index (χ0v) is 31.8. The second-order valence-electron chi connectivity index (χ2n) is 15.4. The molecule has 0 aliphatic heterocycles. The van der Waals surface area contributed by atoms with E-state index in [2.05, 4.69) is 42.1 Å². The summed E-state index contributed by atoms with van der Waals surface area (Å²) in [6.07, 6.45) is 18.1. The zero-order chi connectivity index (χ0) is 35.6. The molecule has 0 aromatic rings. The van der Waals surface area contributed by atoms with E-state index in [-0.39, 0.29) is 35.3 Å². The summed E-state index contributed by atoms with van der Waals surface area (Å²) < 4.78 is 6.01. The standard InChI is InChI=1S/C36H64N8O3S2/c1-4-5-8-23-11-13-27-26-12-10-24-21-25(14-16-36(24,3)28(26)15-17-35(23,27)2)47-32(46)29(37)22-49-48-20-19-42-31(45)30(44-34(40)41)9-6-7-18-43-33(38)39/h10,23,25-30H,4-9,11-22,37H2,1-3H3,(H,42,45)(H4,38,39,43)(H4,40,41,44). The van der Waals surface area contributed by atoms with Crippen LogP contribution in [0.2, 0.25) is 0 Å². The molecule has 1 amide bonds.